The van der Waals surface area contributed by atoms with E-state index in [-0.39, 0.29) is 81.4 Å². The van der Waals surface area contributed by atoms with E-state index in [2.05, 4.69) is 37.3 Å². The molecular formula is C45H63N12O11S2+. The highest BCUT2D eigenvalue weighted by Crippen LogP contribution is 2.27. The highest BCUT2D eigenvalue weighted by molar-refractivity contribution is 8.76. The number of primary amides is 1. The molecule has 3 fully saturated rings. The Bertz CT molecular complexity index is 2240. The number of phenols is 1. The lowest BCUT2D eigenvalue weighted by atomic mass is 9.96. The fourth-order valence-electron chi connectivity index (χ4n) is 8.31. The summed E-state index contributed by atoms with van der Waals surface area (Å²) in [5, 5.41) is 23.6. The first kappa shape index (κ1) is 54.5. The third kappa shape index (κ3) is 16.3. The molecule has 3 saturated heterocycles. The molecule has 0 aliphatic carbocycles. The van der Waals surface area contributed by atoms with Crippen molar-refractivity contribution >= 4 is 80.7 Å². The van der Waals surface area contributed by atoms with Gasteiger partial charge in [0.15, 0.2) is 5.96 Å². The minimum absolute atomic E-state index is 0.0199. The van der Waals surface area contributed by atoms with E-state index in [1.165, 1.54) is 39.7 Å². The predicted octanol–water partition coefficient (Wildman–Crippen LogP) is -3.31. The number of rotatable bonds is 16. The van der Waals surface area contributed by atoms with Crippen LogP contribution in [-0.4, -0.2) is 160 Å². The number of nitrogens with zero attached hydrogens (tertiary/aromatic N) is 3. The third-order valence-corrected chi connectivity index (χ3v) is 14.2. The number of likely N-dealkylation sites (tertiary alicyclic amines) is 1. The molecule has 2 aromatic carbocycles. The van der Waals surface area contributed by atoms with E-state index in [1.807, 2.05) is 30.3 Å². The smallest absolute Gasteiger partial charge is 0.311 e. The second kappa shape index (κ2) is 26.5. The predicted molar refractivity (Wildman–Crippen MR) is 258 cm³/mol. The molecule has 23 nitrogen and oxygen atoms in total. The monoisotopic (exact) mass is 1010 g/mol. The number of carbonyl (C=O) groups excluding carboxylic acids is 9. The van der Waals surface area contributed by atoms with Crippen molar-refractivity contribution < 1.29 is 58.7 Å². The number of carbonyl (C=O) groups is 9. The van der Waals surface area contributed by atoms with Crippen molar-refractivity contribution in [2.75, 3.05) is 37.7 Å². The molecule has 380 valence electrons. The molecule has 15 N–H and O–H groups in total. The molecular weight excluding hydrogens is 949 g/mol. The number of quaternary nitrogens is 1. The molecule has 0 aromatic heterocycles. The van der Waals surface area contributed by atoms with E-state index >= 15 is 0 Å². The molecule has 25 heteroatoms. The van der Waals surface area contributed by atoms with E-state index in [0.29, 0.717) is 12.0 Å². The normalized spacial score (nSPS) is 24.1. The minimum atomic E-state index is -1.48. The average Bonchev–Trinajstić information content (AvgIpc) is 3.82. The maximum Gasteiger partial charge on any atom is 0.311 e. The van der Waals surface area contributed by atoms with Gasteiger partial charge < -0.3 is 63.4 Å². The molecule has 0 radical (unpaired) electrons. The lowest BCUT2D eigenvalue weighted by Gasteiger charge is -2.43. The zero-order chi connectivity index (χ0) is 50.9. The molecule has 0 saturated carbocycles. The number of nitrogens with two attached hydrogens (primary N) is 3. The van der Waals surface area contributed by atoms with Crippen LogP contribution in [0, 0.1) is 0 Å². The molecule has 3 heterocycles. The maximum atomic E-state index is 14.7. The molecule has 5 rings (SSSR count). The Morgan fingerprint density at radius 1 is 0.943 bits per heavy atom. The fraction of sp³-hybridized carbons (Fsp3) is 0.511. The zero-order valence-electron chi connectivity index (χ0n) is 38.8. The second-order valence-electron chi connectivity index (χ2n) is 17.2. The summed E-state index contributed by atoms with van der Waals surface area (Å²) in [7, 11) is 2.37. The van der Waals surface area contributed by atoms with Crippen LogP contribution in [-0.2, 0) is 60.7 Å². The number of hydrogen-bond donors (Lipinski definition) is 10. The van der Waals surface area contributed by atoms with Crippen LogP contribution in [0.2, 0.25) is 0 Å². The second-order valence-corrected chi connectivity index (χ2v) is 19.8. The summed E-state index contributed by atoms with van der Waals surface area (Å²) in [5.41, 5.74) is 21.0. The maximum absolute atomic E-state index is 14.7. The summed E-state index contributed by atoms with van der Waals surface area (Å²) in [6, 6.07) is 8.37. The van der Waals surface area contributed by atoms with Crippen molar-refractivity contribution in [3.63, 3.8) is 0 Å². The van der Waals surface area contributed by atoms with Crippen LogP contribution in [0.1, 0.15) is 56.6 Å². The molecule has 2 aromatic rings. The minimum Gasteiger partial charge on any atom is -0.508 e. The van der Waals surface area contributed by atoms with Crippen molar-refractivity contribution in [1.82, 2.24) is 36.4 Å². The van der Waals surface area contributed by atoms with Crippen molar-refractivity contribution in [3.8, 4) is 5.75 Å². The highest BCUT2D eigenvalue weighted by Gasteiger charge is 2.45. The Balaban J connectivity index is 1.45. The Labute approximate surface area is 412 Å². The first-order valence-electron chi connectivity index (χ1n) is 22.9. The number of ether oxygens (including phenoxy) is 1. The number of phenolic OH excluding ortho intramolecular Hbond substituents is 1. The van der Waals surface area contributed by atoms with Gasteiger partial charge in [-0.25, -0.2) is 4.79 Å². The number of hydrogen-bond acceptors (Lipinski definition) is 14. The van der Waals surface area contributed by atoms with E-state index < -0.39 is 115 Å². The van der Waals surface area contributed by atoms with Gasteiger partial charge in [-0.15, -0.1) is 0 Å². The van der Waals surface area contributed by atoms with Gasteiger partial charge in [0.05, 0.1) is 25.1 Å². The van der Waals surface area contributed by atoms with Gasteiger partial charge in [-0.2, -0.15) is 0 Å². The molecule has 70 heavy (non-hydrogen) atoms. The number of fused-ring (bicyclic) bond motifs is 2. The van der Waals surface area contributed by atoms with Gasteiger partial charge in [-0.05, 0) is 62.3 Å². The first-order valence-corrected chi connectivity index (χ1v) is 25.4. The van der Waals surface area contributed by atoms with E-state index in [9.17, 15) is 48.3 Å². The topological polar surface area (TPSA) is 368 Å². The van der Waals surface area contributed by atoms with Gasteiger partial charge in [-0.1, -0.05) is 64.1 Å². The van der Waals surface area contributed by atoms with Crippen molar-refractivity contribution in [2.45, 2.75) is 107 Å². The standard InChI is InChI=1S/C45H62N12O11S2/c1-25-43(66)57-23-35(68-25)30(19-26-7-3-2-4-8-26)54-40(63)31(20-27-11-13-28(58)14-12-27)52-38(61)15-18-69-70-24-32(55-42(65)34(57)21-36(46)59)44(67)56-17-6-10-33(56)41(64)53-29(9-5-16-50-45(48)49)39(62)51-22-37(47)60/h2-4,7-8,11-14,25,29-35,58H,5-6,9-10,15-24H2,1H3,(H2,46,59)(H2,47,60)(H,51,62)(H,52,61)(H,53,64)(H,54,63)(H,55,65)(H4,48,49,50)/p+1/t25-,29?,30-,31-,32-,33-,34-,35-/m0/s1. The number of morpholine rings is 1. The van der Waals surface area contributed by atoms with Crippen molar-refractivity contribution in [1.29, 1.82) is 0 Å². The Hall–Kier alpha value is -6.44. The van der Waals surface area contributed by atoms with Crippen LogP contribution in [0.3, 0.4) is 0 Å². The fourth-order valence-corrected chi connectivity index (χ4v) is 10.5. The van der Waals surface area contributed by atoms with Gasteiger partial charge in [0.1, 0.15) is 42.1 Å². The summed E-state index contributed by atoms with van der Waals surface area (Å²) in [6.45, 7) is 0.956. The number of benzene rings is 2. The summed E-state index contributed by atoms with van der Waals surface area (Å²) >= 11 is 0. The number of guanidine groups is 1. The largest absolute Gasteiger partial charge is 0.508 e. The van der Waals surface area contributed by atoms with Gasteiger partial charge in [0.2, 0.25) is 41.4 Å². The van der Waals surface area contributed by atoms with Crippen LogP contribution < -0.4 is 49.5 Å². The lowest BCUT2D eigenvalue weighted by molar-refractivity contribution is -0.306. The van der Waals surface area contributed by atoms with Crippen LogP contribution in [0.4, 0.5) is 0 Å². The van der Waals surface area contributed by atoms with Crippen LogP contribution in [0.25, 0.3) is 0 Å². The molecule has 3 aliphatic rings. The molecule has 0 spiro atoms. The van der Waals surface area contributed by atoms with Gasteiger partial charge in [0, 0.05) is 44.0 Å². The third-order valence-electron chi connectivity index (χ3n) is 11.8. The van der Waals surface area contributed by atoms with Gasteiger partial charge in [-0.3, -0.25) is 49.1 Å². The Kier molecular flexibility index (Phi) is 20.6. The SMILES string of the molecule is C[C@@H]1O[C@H]2CN(C1=O)[C@@H](CC([NH3+])=O)C(=O)N[C@H](C(=O)N1CCC[C@H]1C(=O)NC(CCCN=C(N)N)C(=O)NCC(N)=O)CSSCCC(=O)N[C@@H](Cc1ccc(O)cc1)C(=O)N[C@H]2Cc1ccccc1. The van der Waals surface area contributed by atoms with Crippen molar-refractivity contribution in [2.24, 2.45) is 22.2 Å². The molecule has 3 aliphatic heterocycles. The molecule has 8 atom stereocenters. The molecule has 1 unspecified atom stereocenters. The van der Waals surface area contributed by atoms with Crippen molar-refractivity contribution in [3.05, 3.63) is 65.7 Å². The summed E-state index contributed by atoms with van der Waals surface area (Å²) < 4.78 is 6.26. The van der Waals surface area contributed by atoms with Crippen LogP contribution in [0.15, 0.2) is 59.6 Å². The Morgan fingerprint density at radius 3 is 2.34 bits per heavy atom. The number of aliphatic imine (C=N–C) groups is 1. The number of nitrogens with one attached hydrogen (secondary N) is 5. The van der Waals surface area contributed by atoms with Gasteiger partial charge in [0.25, 0.3) is 5.91 Å². The van der Waals surface area contributed by atoms with Crippen LogP contribution >= 0.6 is 21.6 Å². The summed E-state index contributed by atoms with van der Waals surface area (Å²) in [6.07, 6.45) is -1.54. The average molecular weight is 1010 g/mol. The molecule has 9 amide bonds. The van der Waals surface area contributed by atoms with E-state index in [0.717, 1.165) is 16.4 Å². The van der Waals surface area contributed by atoms with E-state index in [4.69, 9.17) is 21.9 Å². The molecule has 2 bridgehead atoms. The summed E-state index contributed by atoms with van der Waals surface area (Å²) in [5.74, 6) is -6.02. The lowest BCUT2D eigenvalue weighted by Crippen LogP contribution is -2.67. The summed E-state index contributed by atoms with van der Waals surface area (Å²) in [4.78, 5) is 129. The van der Waals surface area contributed by atoms with E-state index in [1.54, 1.807) is 12.1 Å². The van der Waals surface area contributed by atoms with Crippen LogP contribution in [0.5, 0.6) is 5.75 Å². The number of aromatic hydroxyl groups is 1. The first-order chi connectivity index (χ1) is 33.4. The Morgan fingerprint density at radius 2 is 1.66 bits per heavy atom. The quantitative estimate of drug-likeness (QED) is 0.0341. The highest BCUT2D eigenvalue weighted by atomic mass is 33.1. The number of amides is 9. The van der Waals surface area contributed by atoms with Gasteiger partial charge >= 0.3 is 5.91 Å². The zero-order valence-corrected chi connectivity index (χ0v) is 40.5.